The van der Waals surface area contributed by atoms with Crippen molar-refractivity contribution in [3.8, 4) is 0 Å². The molecule has 0 saturated heterocycles. The average Bonchev–Trinajstić information content (AvgIpc) is 2.98. The highest BCUT2D eigenvalue weighted by atomic mass is 19.4. The third-order valence-corrected chi connectivity index (χ3v) is 3.70. The minimum Gasteiger partial charge on any atom is -0.477 e. The van der Waals surface area contributed by atoms with E-state index in [2.05, 4.69) is 15.4 Å². The molecule has 1 aliphatic heterocycles. The van der Waals surface area contributed by atoms with E-state index in [1.165, 1.54) is 6.08 Å². The van der Waals surface area contributed by atoms with E-state index < -0.39 is 24.0 Å². The van der Waals surface area contributed by atoms with Crippen LogP contribution in [0.3, 0.4) is 0 Å². The SMILES string of the molecule is CN(C)c1ccc([C@@H]2C=C(C(=O)O)Nc3nc(C(F)(F)F)nn32)cc1. The third-order valence-electron chi connectivity index (χ3n) is 3.70. The Hall–Kier alpha value is -3.04. The predicted octanol–water partition coefficient (Wildman–Crippen LogP) is 2.35. The lowest BCUT2D eigenvalue weighted by Gasteiger charge is -2.23. The summed E-state index contributed by atoms with van der Waals surface area (Å²) in [4.78, 5) is 16.5. The van der Waals surface area contributed by atoms with Crippen LogP contribution < -0.4 is 10.2 Å². The van der Waals surface area contributed by atoms with Gasteiger partial charge in [0.25, 0.3) is 5.82 Å². The fourth-order valence-corrected chi connectivity index (χ4v) is 2.44. The first kappa shape index (κ1) is 16.8. The summed E-state index contributed by atoms with van der Waals surface area (Å²) < 4.78 is 39.7. The van der Waals surface area contributed by atoms with Gasteiger partial charge in [-0.2, -0.15) is 18.2 Å². The second-order valence-electron chi connectivity index (χ2n) is 5.64. The van der Waals surface area contributed by atoms with Gasteiger partial charge in [-0.05, 0) is 23.8 Å². The molecule has 1 aromatic carbocycles. The Labute approximate surface area is 140 Å². The lowest BCUT2D eigenvalue weighted by atomic mass is 10.0. The number of fused-ring (bicyclic) bond motifs is 1. The van der Waals surface area contributed by atoms with Crippen LogP contribution in [0.5, 0.6) is 0 Å². The van der Waals surface area contributed by atoms with E-state index in [1.807, 2.05) is 19.0 Å². The van der Waals surface area contributed by atoms with Crippen molar-refractivity contribution in [2.45, 2.75) is 12.2 Å². The van der Waals surface area contributed by atoms with Crippen molar-refractivity contribution in [3.05, 3.63) is 47.4 Å². The van der Waals surface area contributed by atoms with Gasteiger partial charge in [0.05, 0.1) is 0 Å². The normalized spacial score (nSPS) is 16.7. The van der Waals surface area contributed by atoms with Crippen molar-refractivity contribution >= 4 is 17.6 Å². The topological polar surface area (TPSA) is 83.3 Å². The average molecular weight is 353 g/mol. The van der Waals surface area contributed by atoms with Gasteiger partial charge in [-0.25, -0.2) is 9.48 Å². The van der Waals surface area contributed by atoms with Gasteiger partial charge in [-0.15, -0.1) is 5.10 Å². The zero-order valence-electron chi connectivity index (χ0n) is 13.2. The number of nitrogens with one attached hydrogen (secondary N) is 1. The van der Waals surface area contributed by atoms with Crippen LogP contribution >= 0.6 is 0 Å². The molecule has 7 nitrogen and oxygen atoms in total. The number of allylic oxidation sites excluding steroid dienone is 1. The van der Waals surface area contributed by atoms with Crippen molar-refractivity contribution in [3.63, 3.8) is 0 Å². The predicted molar refractivity (Wildman–Crippen MR) is 83.3 cm³/mol. The van der Waals surface area contributed by atoms with Gasteiger partial charge in [-0.3, -0.25) is 0 Å². The van der Waals surface area contributed by atoms with Gasteiger partial charge < -0.3 is 15.3 Å². The quantitative estimate of drug-likeness (QED) is 0.881. The maximum atomic E-state index is 12.9. The Morgan fingerprint density at radius 3 is 2.44 bits per heavy atom. The Balaban J connectivity index is 2.08. The van der Waals surface area contributed by atoms with Gasteiger partial charge in [0.1, 0.15) is 11.7 Å². The van der Waals surface area contributed by atoms with Crippen molar-refractivity contribution < 1.29 is 23.1 Å². The molecule has 2 heterocycles. The molecule has 0 aliphatic carbocycles. The maximum absolute atomic E-state index is 12.9. The number of hydrogen-bond donors (Lipinski definition) is 2. The summed E-state index contributed by atoms with van der Waals surface area (Å²) in [6, 6.07) is 6.17. The summed E-state index contributed by atoms with van der Waals surface area (Å²) in [5.41, 5.74) is 1.23. The molecule has 0 bridgehead atoms. The van der Waals surface area contributed by atoms with Crippen LogP contribution in [0.4, 0.5) is 24.8 Å². The van der Waals surface area contributed by atoms with E-state index in [4.69, 9.17) is 0 Å². The minimum absolute atomic E-state index is 0.254. The van der Waals surface area contributed by atoms with Crippen molar-refractivity contribution in [1.82, 2.24) is 14.8 Å². The fraction of sp³-hybridized carbons (Fsp3) is 0.267. The zero-order chi connectivity index (χ0) is 18.4. The molecule has 2 N–H and O–H groups in total. The number of carboxylic acid groups (broad SMARTS) is 1. The number of aromatic nitrogens is 3. The number of anilines is 2. The highest BCUT2D eigenvalue weighted by Crippen LogP contribution is 2.33. The fourth-order valence-electron chi connectivity index (χ4n) is 2.44. The molecule has 10 heteroatoms. The number of carbonyl (C=O) groups is 1. The Bertz CT molecular complexity index is 840. The Morgan fingerprint density at radius 2 is 1.92 bits per heavy atom. The van der Waals surface area contributed by atoms with Crippen LogP contribution in [0.25, 0.3) is 0 Å². The zero-order valence-corrected chi connectivity index (χ0v) is 13.2. The molecule has 132 valence electrons. The highest BCUT2D eigenvalue weighted by Gasteiger charge is 2.39. The second kappa shape index (κ2) is 5.80. The van der Waals surface area contributed by atoms with Crippen LogP contribution in [-0.2, 0) is 11.0 Å². The molecule has 1 atom stereocenters. The number of alkyl halides is 3. The number of nitrogens with zero attached hydrogens (tertiary/aromatic N) is 4. The van der Waals surface area contributed by atoms with Crippen molar-refractivity contribution in [2.75, 3.05) is 24.3 Å². The number of hydrogen-bond acceptors (Lipinski definition) is 5. The number of benzene rings is 1. The molecular formula is C15H14F3N5O2. The summed E-state index contributed by atoms with van der Waals surface area (Å²) in [6.07, 6.45) is -3.43. The summed E-state index contributed by atoms with van der Waals surface area (Å²) in [5, 5.41) is 15.1. The molecule has 0 amide bonds. The van der Waals surface area contributed by atoms with E-state index in [0.717, 1.165) is 10.4 Å². The minimum atomic E-state index is -4.73. The standard InChI is InChI=1S/C15H14F3N5O2/c1-22(2)9-5-3-8(4-6-9)11-7-10(12(24)25)19-14-20-13(15(16,17)18)21-23(11)14/h3-7,11H,1-2H3,(H,24,25)(H,19,20,21)/t11-/m0/s1. The van der Waals surface area contributed by atoms with Crippen molar-refractivity contribution in [2.24, 2.45) is 0 Å². The van der Waals surface area contributed by atoms with E-state index in [0.29, 0.717) is 5.56 Å². The van der Waals surface area contributed by atoms with Gasteiger partial charge >= 0.3 is 12.1 Å². The summed E-state index contributed by atoms with van der Waals surface area (Å²) in [6.45, 7) is 0. The second-order valence-corrected chi connectivity index (χ2v) is 5.64. The lowest BCUT2D eigenvalue weighted by Crippen LogP contribution is -2.24. The summed E-state index contributed by atoms with van der Waals surface area (Å²) in [5.74, 6) is -2.89. The molecule has 2 aromatic rings. The molecule has 0 spiro atoms. The highest BCUT2D eigenvalue weighted by molar-refractivity contribution is 5.90. The van der Waals surface area contributed by atoms with Crippen LogP contribution in [-0.4, -0.2) is 39.9 Å². The summed E-state index contributed by atoms with van der Waals surface area (Å²) >= 11 is 0. The monoisotopic (exact) mass is 353 g/mol. The molecule has 3 rings (SSSR count). The van der Waals surface area contributed by atoms with E-state index >= 15 is 0 Å². The van der Waals surface area contributed by atoms with Gasteiger partial charge in [0.2, 0.25) is 5.95 Å². The smallest absolute Gasteiger partial charge is 0.453 e. The van der Waals surface area contributed by atoms with Crippen LogP contribution in [0.15, 0.2) is 36.0 Å². The number of aliphatic carboxylic acids is 1. The van der Waals surface area contributed by atoms with Gasteiger partial charge in [0.15, 0.2) is 0 Å². The third kappa shape index (κ3) is 3.14. The van der Waals surface area contributed by atoms with E-state index in [-0.39, 0.29) is 11.6 Å². The summed E-state index contributed by atoms with van der Waals surface area (Å²) in [7, 11) is 3.71. The van der Waals surface area contributed by atoms with Gasteiger partial charge in [-0.1, -0.05) is 12.1 Å². The van der Waals surface area contributed by atoms with Crippen molar-refractivity contribution in [1.29, 1.82) is 0 Å². The lowest BCUT2D eigenvalue weighted by molar-refractivity contribution is -0.145. The number of carboxylic acids is 1. The molecule has 1 aliphatic rings. The first-order valence-corrected chi connectivity index (χ1v) is 7.20. The molecule has 0 radical (unpaired) electrons. The molecule has 0 unspecified atom stereocenters. The van der Waals surface area contributed by atoms with Crippen LogP contribution in [0.2, 0.25) is 0 Å². The van der Waals surface area contributed by atoms with Gasteiger partial charge in [0, 0.05) is 19.8 Å². The first-order chi connectivity index (χ1) is 11.7. The maximum Gasteiger partial charge on any atom is 0.453 e. The van der Waals surface area contributed by atoms with Crippen LogP contribution in [0.1, 0.15) is 17.4 Å². The molecule has 1 aromatic heterocycles. The van der Waals surface area contributed by atoms with Crippen LogP contribution in [0, 0.1) is 0 Å². The number of halogens is 3. The van der Waals surface area contributed by atoms with E-state index in [9.17, 15) is 23.1 Å². The number of rotatable bonds is 3. The molecular weight excluding hydrogens is 339 g/mol. The molecule has 25 heavy (non-hydrogen) atoms. The molecule has 0 fully saturated rings. The Morgan fingerprint density at radius 1 is 1.28 bits per heavy atom. The van der Waals surface area contributed by atoms with E-state index in [1.54, 1.807) is 24.3 Å². The first-order valence-electron chi connectivity index (χ1n) is 7.20. The Kier molecular flexibility index (Phi) is 3.90. The largest absolute Gasteiger partial charge is 0.477 e. The molecule has 0 saturated carbocycles.